The van der Waals surface area contributed by atoms with Gasteiger partial charge in [-0.2, -0.15) is 0 Å². The van der Waals surface area contributed by atoms with Gasteiger partial charge in [0.25, 0.3) is 0 Å². The zero-order valence-electron chi connectivity index (χ0n) is 13.5. The number of hydrogen-bond donors (Lipinski definition) is 2. The minimum absolute atomic E-state index is 0.0590. The molecule has 2 amide bonds. The molecule has 0 saturated heterocycles. The summed E-state index contributed by atoms with van der Waals surface area (Å²) in [5.74, 6) is 0.198. The van der Waals surface area contributed by atoms with E-state index in [1.165, 1.54) is 4.90 Å². The van der Waals surface area contributed by atoms with Crippen molar-refractivity contribution in [3.05, 3.63) is 0 Å². The zero-order chi connectivity index (χ0) is 15.6. The molecular weight excluding hydrogens is 254 g/mol. The topological polar surface area (TPSA) is 75.4 Å². The van der Waals surface area contributed by atoms with Gasteiger partial charge in [-0.05, 0) is 39.5 Å². The van der Waals surface area contributed by atoms with E-state index in [0.29, 0.717) is 18.8 Å². The molecule has 0 aromatic heterocycles. The minimum atomic E-state index is -0.797. The molecule has 2 atom stereocenters. The van der Waals surface area contributed by atoms with Gasteiger partial charge in [0.15, 0.2) is 0 Å². The summed E-state index contributed by atoms with van der Waals surface area (Å²) < 4.78 is 0. The Labute approximate surface area is 122 Å². The quantitative estimate of drug-likeness (QED) is 0.819. The van der Waals surface area contributed by atoms with E-state index in [-0.39, 0.29) is 23.9 Å². The van der Waals surface area contributed by atoms with Crippen molar-refractivity contribution in [1.29, 1.82) is 0 Å². The van der Waals surface area contributed by atoms with Crippen LogP contribution in [0.5, 0.6) is 0 Å². The zero-order valence-corrected chi connectivity index (χ0v) is 13.5. The molecule has 20 heavy (non-hydrogen) atoms. The largest absolute Gasteiger partial charge is 0.350 e. The third-order valence-electron chi connectivity index (χ3n) is 3.70. The van der Waals surface area contributed by atoms with Crippen LogP contribution in [0.3, 0.4) is 0 Å². The average Bonchev–Trinajstić information content (AvgIpc) is 2.24. The Morgan fingerprint density at radius 2 is 2.00 bits per heavy atom. The summed E-state index contributed by atoms with van der Waals surface area (Å²) in [4.78, 5) is 25.8. The Hall–Kier alpha value is -1.10. The molecule has 5 nitrogen and oxygen atoms in total. The predicted molar refractivity (Wildman–Crippen MR) is 80.1 cm³/mol. The van der Waals surface area contributed by atoms with Crippen LogP contribution in [0.1, 0.15) is 53.4 Å². The second-order valence-electron chi connectivity index (χ2n) is 7.32. The Balaban J connectivity index is 2.60. The van der Waals surface area contributed by atoms with E-state index < -0.39 is 5.54 Å². The summed E-state index contributed by atoms with van der Waals surface area (Å²) in [6, 6.07) is 0. The number of carbonyl (C=O) groups is 2. The van der Waals surface area contributed by atoms with E-state index in [1.807, 2.05) is 20.8 Å². The van der Waals surface area contributed by atoms with Gasteiger partial charge in [0.05, 0.1) is 12.1 Å². The molecule has 5 heteroatoms. The summed E-state index contributed by atoms with van der Waals surface area (Å²) in [6.07, 6.45) is 3.52. The fourth-order valence-electron chi connectivity index (χ4n) is 2.91. The lowest BCUT2D eigenvalue weighted by atomic mass is 9.76. The van der Waals surface area contributed by atoms with Crippen LogP contribution >= 0.6 is 0 Å². The first kappa shape index (κ1) is 17.0. The van der Waals surface area contributed by atoms with Crippen molar-refractivity contribution >= 4 is 11.8 Å². The first-order valence-corrected chi connectivity index (χ1v) is 7.39. The van der Waals surface area contributed by atoms with Crippen LogP contribution in [0.25, 0.3) is 0 Å². The summed E-state index contributed by atoms with van der Waals surface area (Å²) in [6.45, 7) is 7.93. The standard InChI is InChI=1S/C15H29N3O2/c1-11-7-6-8-15(16,9-11)13(20)18(5)10-12(19)17-14(2,3)4/h11H,6-10,16H2,1-5H3,(H,17,19). The molecule has 1 aliphatic rings. The highest BCUT2D eigenvalue weighted by Gasteiger charge is 2.40. The molecule has 1 rings (SSSR count). The molecule has 1 saturated carbocycles. The van der Waals surface area contributed by atoms with Gasteiger partial charge in [-0.3, -0.25) is 9.59 Å². The Bertz CT molecular complexity index is 376. The molecule has 0 aromatic carbocycles. The molecule has 0 aliphatic heterocycles. The van der Waals surface area contributed by atoms with Crippen LogP contribution in [0.4, 0.5) is 0 Å². The van der Waals surface area contributed by atoms with Crippen LogP contribution < -0.4 is 11.1 Å². The maximum atomic E-state index is 12.5. The fourth-order valence-corrected chi connectivity index (χ4v) is 2.91. The number of carbonyl (C=O) groups excluding carboxylic acids is 2. The number of hydrogen-bond acceptors (Lipinski definition) is 3. The van der Waals surface area contributed by atoms with Crippen molar-refractivity contribution in [2.45, 2.75) is 64.5 Å². The van der Waals surface area contributed by atoms with Crippen LogP contribution in [-0.2, 0) is 9.59 Å². The van der Waals surface area contributed by atoms with E-state index in [4.69, 9.17) is 5.73 Å². The molecule has 2 unspecified atom stereocenters. The van der Waals surface area contributed by atoms with Gasteiger partial charge in [0.1, 0.15) is 0 Å². The predicted octanol–water partition coefficient (Wildman–Crippen LogP) is 1.27. The van der Waals surface area contributed by atoms with E-state index in [9.17, 15) is 9.59 Å². The maximum Gasteiger partial charge on any atom is 0.242 e. The number of nitrogens with zero attached hydrogens (tertiary/aromatic N) is 1. The Morgan fingerprint density at radius 1 is 1.40 bits per heavy atom. The summed E-state index contributed by atoms with van der Waals surface area (Å²) in [7, 11) is 1.65. The third kappa shape index (κ3) is 4.78. The molecule has 116 valence electrons. The van der Waals surface area contributed by atoms with Crippen LogP contribution in [-0.4, -0.2) is 41.4 Å². The highest BCUT2D eigenvalue weighted by Crippen LogP contribution is 2.31. The van der Waals surface area contributed by atoms with Gasteiger partial charge >= 0.3 is 0 Å². The van der Waals surface area contributed by atoms with Crippen molar-refractivity contribution in [2.75, 3.05) is 13.6 Å². The lowest BCUT2D eigenvalue weighted by Gasteiger charge is -2.38. The molecule has 0 aromatic rings. The molecule has 0 spiro atoms. The SMILES string of the molecule is CC1CCCC(N)(C(=O)N(C)CC(=O)NC(C)(C)C)C1. The van der Waals surface area contributed by atoms with Gasteiger partial charge in [-0.1, -0.05) is 19.8 Å². The molecule has 3 N–H and O–H groups in total. The number of rotatable bonds is 3. The number of likely N-dealkylation sites (N-methyl/N-ethyl adjacent to an activating group) is 1. The summed E-state index contributed by atoms with van der Waals surface area (Å²) in [5.41, 5.74) is 5.19. The second kappa shape index (κ2) is 6.12. The van der Waals surface area contributed by atoms with Gasteiger partial charge in [-0.15, -0.1) is 0 Å². The van der Waals surface area contributed by atoms with Crippen molar-refractivity contribution in [1.82, 2.24) is 10.2 Å². The molecule has 1 aliphatic carbocycles. The summed E-state index contributed by atoms with van der Waals surface area (Å²) >= 11 is 0. The minimum Gasteiger partial charge on any atom is -0.350 e. The maximum absolute atomic E-state index is 12.5. The summed E-state index contributed by atoms with van der Waals surface area (Å²) in [5, 5.41) is 2.86. The molecule has 0 heterocycles. The number of nitrogens with two attached hydrogens (primary N) is 1. The highest BCUT2D eigenvalue weighted by atomic mass is 16.2. The van der Waals surface area contributed by atoms with Gasteiger partial charge in [-0.25, -0.2) is 0 Å². The molecule has 1 fully saturated rings. The van der Waals surface area contributed by atoms with E-state index in [0.717, 1.165) is 12.8 Å². The van der Waals surface area contributed by atoms with Crippen LogP contribution in [0, 0.1) is 5.92 Å². The van der Waals surface area contributed by atoms with Crippen LogP contribution in [0.2, 0.25) is 0 Å². The van der Waals surface area contributed by atoms with E-state index >= 15 is 0 Å². The van der Waals surface area contributed by atoms with Crippen molar-refractivity contribution < 1.29 is 9.59 Å². The number of nitrogens with one attached hydrogen (secondary N) is 1. The lowest BCUT2D eigenvalue weighted by molar-refractivity contribution is -0.141. The smallest absolute Gasteiger partial charge is 0.242 e. The lowest BCUT2D eigenvalue weighted by Crippen LogP contribution is -2.58. The van der Waals surface area contributed by atoms with Gasteiger partial charge in [0, 0.05) is 12.6 Å². The Morgan fingerprint density at radius 3 is 2.50 bits per heavy atom. The monoisotopic (exact) mass is 283 g/mol. The number of amides is 2. The first-order chi connectivity index (χ1) is 9.03. The molecular formula is C15H29N3O2. The van der Waals surface area contributed by atoms with Crippen LogP contribution in [0.15, 0.2) is 0 Å². The normalized spacial score (nSPS) is 27.0. The van der Waals surface area contributed by atoms with Crippen molar-refractivity contribution in [3.8, 4) is 0 Å². The fraction of sp³-hybridized carbons (Fsp3) is 0.867. The van der Waals surface area contributed by atoms with Crippen molar-refractivity contribution in [3.63, 3.8) is 0 Å². The Kier molecular flexibility index (Phi) is 5.19. The molecule has 0 radical (unpaired) electrons. The van der Waals surface area contributed by atoms with Crippen molar-refractivity contribution in [2.24, 2.45) is 11.7 Å². The van der Waals surface area contributed by atoms with Gasteiger partial charge < -0.3 is 16.0 Å². The third-order valence-corrected chi connectivity index (χ3v) is 3.70. The second-order valence-corrected chi connectivity index (χ2v) is 7.32. The molecule has 0 bridgehead atoms. The average molecular weight is 283 g/mol. The van der Waals surface area contributed by atoms with E-state index in [2.05, 4.69) is 12.2 Å². The highest BCUT2D eigenvalue weighted by molar-refractivity contribution is 5.90. The van der Waals surface area contributed by atoms with Gasteiger partial charge in [0.2, 0.25) is 11.8 Å². The van der Waals surface area contributed by atoms with E-state index in [1.54, 1.807) is 7.05 Å². The first-order valence-electron chi connectivity index (χ1n) is 7.39.